The molecule has 37 nitrogen and oxygen atoms in total. The molecule has 0 amide bonds. The van der Waals surface area contributed by atoms with Crippen molar-refractivity contribution >= 4 is 111 Å². The van der Waals surface area contributed by atoms with Gasteiger partial charge in [-0.05, 0) is 189 Å². The number of ketones is 2. The quantitative estimate of drug-likeness (QED) is 0.0182. The number of nitrogens with zero attached hydrogens (tertiary/aromatic N) is 15. The van der Waals surface area contributed by atoms with Gasteiger partial charge in [0.25, 0.3) is 16.7 Å². The molecule has 140 heavy (non-hydrogen) atoms. The number of aliphatic carboxylic acids is 2. The van der Waals surface area contributed by atoms with Gasteiger partial charge in [-0.2, -0.15) is 30.6 Å². The maximum Gasteiger partial charge on any atom is 2.00 e. The second-order valence-corrected chi connectivity index (χ2v) is 38.3. The van der Waals surface area contributed by atoms with Gasteiger partial charge in [-0.3, -0.25) is 37.7 Å². The SMILES string of the molecule is C.C.C.C1CCOC1.CC(C)N.COc1ccc(F)cc1[C@H](Cn1c(=O)n(C(C)(C)C(=O)CC(C)C)c(=O)c2c(C)c(-n3nccn3)sc21)OCCC(C)(C)O.COc1ccc(F)cc1[C@H](Cn1c(=O)n(C(C)(C)C(=O)O)c(=O)c2c(C)c(-n3nccn3)sc21)OCCC(C)(C)O.COc1ccc(F)cc1[C@H](Cn1c(=O)n(C(C)(C)C(=O)O)c(=O)c2c(C)c(-n3nccn3)sc21)OCCC(C)=O.[Br-].[CH3-].[Mg+2]. The van der Waals surface area contributed by atoms with Crippen molar-refractivity contribution in [2.24, 2.45) is 11.7 Å². The van der Waals surface area contributed by atoms with E-state index in [1.807, 2.05) is 27.7 Å². The van der Waals surface area contributed by atoms with Crippen LogP contribution in [0.15, 0.2) is 121 Å². The monoisotopic (exact) mass is 2090 g/mol. The van der Waals surface area contributed by atoms with Crippen molar-refractivity contribution in [2.45, 2.75) is 257 Å². The molecule has 12 aromatic rings. The molecule has 3 atom stereocenters. The zero-order valence-corrected chi connectivity index (χ0v) is 86.4. The summed E-state index contributed by atoms with van der Waals surface area (Å²) in [5, 5.41) is 67.3. The first-order valence-electron chi connectivity index (χ1n) is 43.0. The summed E-state index contributed by atoms with van der Waals surface area (Å²) < 4.78 is 89.4. The van der Waals surface area contributed by atoms with E-state index in [9.17, 15) is 81.5 Å². The number of thiophene rings is 3. The van der Waals surface area contributed by atoms with Crippen LogP contribution < -0.4 is 70.7 Å². The predicted molar refractivity (Wildman–Crippen MR) is 531 cm³/mol. The van der Waals surface area contributed by atoms with Crippen molar-refractivity contribution in [3.05, 3.63) is 213 Å². The molecule has 1 aliphatic heterocycles. The fourth-order valence-electron chi connectivity index (χ4n) is 14.3. The second kappa shape index (κ2) is 52.4. The van der Waals surface area contributed by atoms with Crippen molar-refractivity contribution in [1.29, 1.82) is 0 Å². The third-order valence-corrected chi connectivity index (χ3v) is 25.5. The number of aryl methyl sites for hydroxylation is 3. The van der Waals surface area contributed by atoms with Crippen molar-refractivity contribution in [3.63, 3.8) is 0 Å². The van der Waals surface area contributed by atoms with Gasteiger partial charge < -0.3 is 83.7 Å². The molecule has 0 bridgehead atoms. The van der Waals surface area contributed by atoms with Crippen LogP contribution in [0.5, 0.6) is 17.2 Å². The summed E-state index contributed by atoms with van der Waals surface area (Å²) in [4.78, 5) is 138. The number of halogens is 4. The number of hydrogen-bond donors (Lipinski definition) is 5. The standard InChI is InChI=1S/C31H40FN5O6S.C27H32FN5O7S.C26H28FN5O7S.C4H8O.C3H9N.3CH4.CH3.BrH.Mg/c1-18(2)15-24(38)31(6,7)36-26(39)25-19(3)27(37-33-12-13-34-37)44-28(25)35(29(36)40)17-23(43-14-11-30(4,5)41)21-16-20(32)9-10-22(21)42-8;1-15-20-21(34)32(27(4,5)24(35)36)25(37)31(23(20)41-22(15)33-29-10-11-30-33)14-19(40-12-9-26(2,3)38)17-13-16(28)7-8-18(17)39-6;1-14(33)8-11-39-19(17-12-16(27)6-7-18(17)38-5)13-30-23-20(15(2)22(40-23)32-28-9-10-29-32)21(34)31(25(30)37)26(3,4)24(35)36;1-2-4-5-3-1;1-3(2)4;;;;;;/h9-10,12-13,16,18,23,41H,11,14-15,17H2,1-8H3;7-8,10-11,13,19,38H,9,12,14H2,1-6H3,(H,35,36);6-7,9-10,12,19H,8,11,13H2,1-5H3,(H,35,36);1-4H2;3H,4H2,1-2H3;3*1H4;1H3;1H;/q;;;;;;;;-1;;+2/p-1/t23-;2*19-;;;;;;;;/m000......../s1. The van der Waals surface area contributed by atoms with Crippen LogP contribution in [0.4, 0.5) is 13.2 Å². The van der Waals surface area contributed by atoms with Crippen molar-refractivity contribution in [2.75, 3.05) is 54.4 Å². The number of carbonyl (C=O) groups is 4. The van der Waals surface area contributed by atoms with Crippen LogP contribution in [0.25, 0.3) is 45.7 Å². The zero-order valence-electron chi connectivity index (χ0n) is 80.9. The number of carbonyl (C=O) groups excluding carboxylic acids is 2. The number of aromatic nitrogens is 15. The Morgan fingerprint density at radius 3 is 0.971 bits per heavy atom. The minimum atomic E-state index is -1.91. The normalized spacial score (nSPS) is 12.7. The van der Waals surface area contributed by atoms with Crippen molar-refractivity contribution in [1.82, 2.24) is 72.4 Å². The molecule has 1 aliphatic rings. The third kappa shape index (κ3) is 29.1. The van der Waals surface area contributed by atoms with E-state index in [0.29, 0.717) is 74.3 Å². The van der Waals surface area contributed by atoms with Crippen LogP contribution in [0, 0.1) is 51.6 Å². The molecule has 13 rings (SSSR count). The number of hydrogen-bond acceptors (Lipinski definition) is 29. The van der Waals surface area contributed by atoms with E-state index in [2.05, 4.69) is 30.6 Å². The Morgan fingerprint density at radius 1 is 0.479 bits per heavy atom. The van der Waals surface area contributed by atoms with E-state index in [1.54, 1.807) is 62.3 Å². The number of carboxylic acids is 2. The molecule has 3 aromatic carbocycles. The molecule has 0 saturated carbocycles. The smallest absolute Gasteiger partial charge is 1.00 e. The molecule has 0 unspecified atom stereocenters. The van der Waals surface area contributed by atoms with Crippen molar-refractivity contribution < 1.29 is 103 Å². The first-order chi connectivity index (χ1) is 62.8. The van der Waals surface area contributed by atoms with E-state index in [4.69, 9.17) is 38.9 Å². The van der Waals surface area contributed by atoms with E-state index in [1.165, 1.54) is 189 Å². The number of methoxy groups -OCH3 is 3. The molecular weight excluding hydrogens is 1960 g/mol. The fraction of sp³-hybridized carbons (Fsp3) is 0.505. The van der Waals surface area contributed by atoms with E-state index < -0.39 is 109 Å². The van der Waals surface area contributed by atoms with Crippen LogP contribution in [0.2, 0.25) is 0 Å². The summed E-state index contributed by atoms with van der Waals surface area (Å²) in [6, 6.07) is 12.1. The topological polar surface area (TPSA) is 464 Å². The maximum absolute atomic E-state index is 14.6. The van der Waals surface area contributed by atoms with Gasteiger partial charge in [0.15, 0.2) is 5.78 Å². The molecule has 1 saturated heterocycles. The number of nitrogens with two attached hydrogens (primary N) is 1. The van der Waals surface area contributed by atoms with E-state index >= 15 is 0 Å². The fourth-order valence-corrected chi connectivity index (χ4v) is 17.9. The van der Waals surface area contributed by atoms with Crippen LogP contribution >= 0.6 is 34.0 Å². The number of fused-ring (bicyclic) bond motifs is 3. The van der Waals surface area contributed by atoms with Gasteiger partial charge in [0.1, 0.15) is 105 Å². The molecule has 0 spiro atoms. The minimum Gasteiger partial charge on any atom is -1.00 e. The van der Waals surface area contributed by atoms with E-state index in [-0.39, 0.29) is 189 Å². The van der Waals surface area contributed by atoms with Crippen LogP contribution in [0.3, 0.4) is 0 Å². The third-order valence-electron chi connectivity index (χ3n) is 21.7. The molecule has 10 heterocycles. The number of rotatable bonds is 35. The Morgan fingerprint density at radius 2 is 0.743 bits per heavy atom. The van der Waals surface area contributed by atoms with Gasteiger partial charge >= 0.3 is 52.1 Å². The summed E-state index contributed by atoms with van der Waals surface area (Å²) in [5.41, 5.74) is -4.58. The molecule has 0 aliphatic carbocycles. The van der Waals surface area contributed by atoms with Crippen LogP contribution in [0.1, 0.15) is 216 Å². The van der Waals surface area contributed by atoms with Crippen LogP contribution in [-0.2, 0) is 74.4 Å². The number of benzene rings is 3. The average Bonchev–Trinajstić information content (AvgIpc) is 1.55. The number of Topliss-reactive ketones (excluding diaryl/α,β-unsaturated/α-hetero) is 2. The average molecular weight is 2090 g/mol. The Labute approximate surface area is 848 Å². The summed E-state index contributed by atoms with van der Waals surface area (Å²) in [7, 11) is 4.26. The maximum atomic E-state index is 14.6. The van der Waals surface area contributed by atoms with Gasteiger partial charge in [0.05, 0.1) is 125 Å². The molecule has 1 fully saturated rings. The number of aliphatic hydroxyl groups is 2. The largest absolute Gasteiger partial charge is 2.00 e. The Bertz CT molecular complexity index is 6550. The second-order valence-electron chi connectivity index (χ2n) is 35.4. The summed E-state index contributed by atoms with van der Waals surface area (Å²) >= 11 is 3.31. The van der Waals surface area contributed by atoms with Gasteiger partial charge in [-0.25, -0.2) is 50.8 Å². The van der Waals surface area contributed by atoms with Crippen molar-refractivity contribution in [3.8, 4) is 32.3 Å². The predicted octanol–water partition coefficient (Wildman–Crippen LogP) is 10.5. The Balaban J connectivity index is 0.000000505. The molecule has 766 valence electrons. The number of carboxylic acid groups (broad SMARTS) is 2. The Kier molecular flexibility index (Phi) is 46.3. The molecule has 6 N–H and O–H groups in total. The van der Waals surface area contributed by atoms with Gasteiger partial charge in [-0.1, -0.05) is 84.0 Å². The molecular formula is C95H132BrF3MgN16O21S3. The van der Waals surface area contributed by atoms with Crippen LogP contribution in [-0.4, -0.2) is 211 Å². The summed E-state index contributed by atoms with van der Waals surface area (Å²) in [6.45, 7) is 30.3. The minimum absolute atomic E-state index is 0. The first-order valence-corrected chi connectivity index (χ1v) is 45.4. The Hall–Kier alpha value is -10.6. The summed E-state index contributed by atoms with van der Waals surface area (Å²) in [5.74, 6) is -3.90. The molecule has 45 heteroatoms. The van der Waals surface area contributed by atoms with Gasteiger partial charge in [0, 0.05) is 59.4 Å². The van der Waals surface area contributed by atoms with Gasteiger partial charge in [-0.15, -0.1) is 14.4 Å². The molecule has 0 radical (unpaired) electrons. The molecule has 9 aromatic heterocycles. The first kappa shape index (κ1) is 124. The zero-order chi connectivity index (χ0) is 99.3. The van der Waals surface area contributed by atoms with Gasteiger partial charge in [0.2, 0.25) is 0 Å². The number of ether oxygens (including phenoxy) is 7. The summed E-state index contributed by atoms with van der Waals surface area (Å²) in [6.07, 6.45) is 9.19. The van der Waals surface area contributed by atoms with E-state index in [0.717, 1.165) is 51.8 Å².